The second-order valence-electron chi connectivity index (χ2n) is 5.45. The van der Waals surface area contributed by atoms with Crippen LogP contribution in [0.15, 0.2) is 0 Å². The molecule has 0 heterocycles. The van der Waals surface area contributed by atoms with Crippen LogP contribution in [0.5, 0.6) is 0 Å². The maximum absolute atomic E-state index is 5.86. The van der Waals surface area contributed by atoms with Crippen LogP contribution in [0.25, 0.3) is 0 Å². The van der Waals surface area contributed by atoms with Crippen LogP contribution in [0, 0.1) is 5.92 Å². The zero-order valence-electron chi connectivity index (χ0n) is 9.63. The van der Waals surface area contributed by atoms with Gasteiger partial charge in [0.05, 0.1) is 0 Å². The number of nitrogens with zero attached hydrogens (tertiary/aromatic N) is 1. The van der Waals surface area contributed by atoms with Crippen LogP contribution in [-0.2, 0) is 0 Å². The molecule has 2 N–H and O–H groups in total. The van der Waals surface area contributed by atoms with Gasteiger partial charge in [0.15, 0.2) is 0 Å². The van der Waals surface area contributed by atoms with Crippen molar-refractivity contribution in [3.63, 3.8) is 0 Å². The van der Waals surface area contributed by atoms with E-state index in [2.05, 4.69) is 18.9 Å². The minimum absolute atomic E-state index is 0.408. The van der Waals surface area contributed by atoms with Crippen molar-refractivity contribution in [3.8, 4) is 0 Å². The van der Waals surface area contributed by atoms with Crippen molar-refractivity contribution in [2.45, 2.75) is 57.0 Å². The molecule has 0 atom stereocenters. The highest BCUT2D eigenvalue weighted by molar-refractivity contribution is 5.05. The minimum atomic E-state index is 0.408. The molecule has 0 aromatic rings. The molecule has 0 amide bonds. The Bertz CT molecular complexity index is 190. The molecule has 82 valence electrons. The van der Waals surface area contributed by atoms with Crippen LogP contribution >= 0.6 is 0 Å². The summed E-state index contributed by atoms with van der Waals surface area (Å²) in [5.41, 5.74) is 6.27. The first-order chi connectivity index (χ1) is 6.68. The van der Waals surface area contributed by atoms with E-state index >= 15 is 0 Å². The molecule has 0 bridgehead atoms. The normalized spacial score (nSPS) is 36.0. The summed E-state index contributed by atoms with van der Waals surface area (Å²) >= 11 is 0. The third kappa shape index (κ3) is 1.82. The van der Waals surface area contributed by atoms with Crippen molar-refractivity contribution in [2.24, 2.45) is 11.7 Å². The van der Waals surface area contributed by atoms with E-state index in [0.717, 1.165) is 18.5 Å². The van der Waals surface area contributed by atoms with Crippen molar-refractivity contribution in [1.29, 1.82) is 0 Å². The van der Waals surface area contributed by atoms with Crippen molar-refractivity contribution in [1.82, 2.24) is 4.90 Å². The average Bonchev–Trinajstić information content (AvgIpc) is 2.99. The largest absolute Gasteiger partial charge is 0.329 e. The lowest BCUT2D eigenvalue weighted by atomic mass is 9.86. The van der Waals surface area contributed by atoms with Gasteiger partial charge < -0.3 is 5.73 Å². The highest BCUT2D eigenvalue weighted by Gasteiger charge is 2.47. The van der Waals surface area contributed by atoms with Gasteiger partial charge in [-0.25, -0.2) is 0 Å². The molecule has 0 aromatic carbocycles. The molecular weight excluding hydrogens is 172 g/mol. The van der Waals surface area contributed by atoms with Crippen LogP contribution in [0.1, 0.15) is 45.4 Å². The van der Waals surface area contributed by atoms with E-state index < -0.39 is 0 Å². The van der Waals surface area contributed by atoms with Crippen molar-refractivity contribution >= 4 is 0 Å². The van der Waals surface area contributed by atoms with Crippen LogP contribution in [0.4, 0.5) is 0 Å². The predicted molar refractivity (Wildman–Crippen MR) is 60.2 cm³/mol. The summed E-state index contributed by atoms with van der Waals surface area (Å²) in [6.07, 6.45) is 8.25. The number of likely N-dealkylation sites (N-methyl/N-ethyl adjacent to an activating group) is 1. The van der Waals surface area contributed by atoms with Gasteiger partial charge in [-0.2, -0.15) is 0 Å². The molecule has 2 rings (SSSR count). The summed E-state index contributed by atoms with van der Waals surface area (Å²) in [5, 5.41) is 0. The first-order valence-electron chi connectivity index (χ1n) is 6.11. The van der Waals surface area contributed by atoms with Crippen molar-refractivity contribution in [2.75, 3.05) is 13.6 Å². The molecule has 2 nitrogen and oxygen atoms in total. The van der Waals surface area contributed by atoms with Gasteiger partial charge in [-0.05, 0) is 51.5 Å². The molecule has 2 aliphatic carbocycles. The van der Waals surface area contributed by atoms with Gasteiger partial charge in [0.2, 0.25) is 0 Å². The third-order valence-electron chi connectivity index (χ3n) is 4.49. The monoisotopic (exact) mass is 196 g/mol. The Morgan fingerprint density at radius 3 is 2.21 bits per heavy atom. The zero-order chi connectivity index (χ0) is 10.2. The molecule has 0 unspecified atom stereocenters. The summed E-state index contributed by atoms with van der Waals surface area (Å²) in [6.45, 7) is 3.24. The second kappa shape index (κ2) is 3.82. The quantitative estimate of drug-likeness (QED) is 0.748. The summed E-state index contributed by atoms with van der Waals surface area (Å²) in [7, 11) is 2.29. The van der Waals surface area contributed by atoms with Gasteiger partial charge >= 0.3 is 0 Å². The van der Waals surface area contributed by atoms with Crippen molar-refractivity contribution < 1.29 is 0 Å². The minimum Gasteiger partial charge on any atom is -0.329 e. The topological polar surface area (TPSA) is 29.3 Å². The first kappa shape index (κ1) is 10.4. The van der Waals surface area contributed by atoms with E-state index in [9.17, 15) is 0 Å². The van der Waals surface area contributed by atoms with Gasteiger partial charge in [0.1, 0.15) is 0 Å². The SMILES string of the molecule is CC1CCC(N(C)C2(CN)CC2)CC1. The lowest BCUT2D eigenvalue weighted by molar-refractivity contribution is 0.113. The maximum Gasteiger partial charge on any atom is 0.0333 e. The summed E-state index contributed by atoms with van der Waals surface area (Å²) < 4.78 is 0. The van der Waals surface area contributed by atoms with Crippen molar-refractivity contribution in [3.05, 3.63) is 0 Å². The predicted octanol–water partition coefficient (Wildman–Crippen LogP) is 1.99. The molecule has 2 saturated carbocycles. The molecule has 0 aromatic heterocycles. The second-order valence-corrected chi connectivity index (χ2v) is 5.45. The molecular formula is C12H24N2. The Kier molecular flexibility index (Phi) is 2.85. The van der Waals surface area contributed by atoms with Crippen LogP contribution in [0.3, 0.4) is 0 Å². The van der Waals surface area contributed by atoms with E-state index in [0.29, 0.717) is 5.54 Å². The van der Waals surface area contributed by atoms with Crippen LogP contribution in [-0.4, -0.2) is 30.1 Å². The summed E-state index contributed by atoms with van der Waals surface area (Å²) in [6, 6.07) is 0.817. The Morgan fingerprint density at radius 2 is 1.79 bits per heavy atom. The fraction of sp³-hybridized carbons (Fsp3) is 1.00. The number of hydrogen-bond acceptors (Lipinski definition) is 2. The molecule has 0 aliphatic heterocycles. The highest BCUT2D eigenvalue weighted by Crippen LogP contribution is 2.43. The molecule has 2 heteroatoms. The molecule has 14 heavy (non-hydrogen) atoms. The number of hydrogen-bond donors (Lipinski definition) is 1. The van der Waals surface area contributed by atoms with E-state index in [1.807, 2.05) is 0 Å². The lowest BCUT2D eigenvalue weighted by Crippen LogP contribution is -2.47. The summed E-state index contributed by atoms with van der Waals surface area (Å²) in [4.78, 5) is 2.60. The molecule has 0 radical (unpaired) electrons. The Labute approximate surface area is 87.8 Å². The average molecular weight is 196 g/mol. The zero-order valence-corrected chi connectivity index (χ0v) is 9.63. The van der Waals surface area contributed by atoms with Crippen LogP contribution in [0.2, 0.25) is 0 Å². The molecule has 0 spiro atoms. The lowest BCUT2D eigenvalue weighted by Gasteiger charge is -2.38. The molecule has 2 aliphatic rings. The Morgan fingerprint density at radius 1 is 1.21 bits per heavy atom. The van der Waals surface area contributed by atoms with Gasteiger partial charge in [-0.1, -0.05) is 6.92 Å². The van der Waals surface area contributed by atoms with Gasteiger partial charge in [0.25, 0.3) is 0 Å². The fourth-order valence-electron chi connectivity index (χ4n) is 2.86. The molecule has 0 saturated heterocycles. The van der Waals surface area contributed by atoms with E-state index in [4.69, 9.17) is 5.73 Å². The van der Waals surface area contributed by atoms with Gasteiger partial charge in [0, 0.05) is 18.1 Å². The smallest absolute Gasteiger partial charge is 0.0333 e. The standard InChI is InChI=1S/C12H24N2/c1-10-3-5-11(6-4-10)14(2)12(9-13)7-8-12/h10-11H,3-9,13H2,1-2H3. The fourth-order valence-corrected chi connectivity index (χ4v) is 2.86. The first-order valence-corrected chi connectivity index (χ1v) is 6.11. The Balaban J connectivity index is 1.89. The number of nitrogens with two attached hydrogens (primary N) is 1. The van der Waals surface area contributed by atoms with E-state index in [1.165, 1.54) is 38.5 Å². The van der Waals surface area contributed by atoms with E-state index in [1.54, 1.807) is 0 Å². The van der Waals surface area contributed by atoms with Crippen LogP contribution < -0.4 is 5.73 Å². The third-order valence-corrected chi connectivity index (χ3v) is 4.49. The Hall–Kier alpha value is -0.0800. The number of rotatable bonds is 3. The maximum atomic E-state index is 5.86. The highest BCUT2D eigenvalue weighted by atomic mass is 15.2. The summed E-state index contributed by atoms with van der Waals surface area (Å²) in [5.74, 6) is 0.952. The van der Waals surface area contributed by atoms with Gasteiger partial charge in [-0.15, -0.1) is 0 Å². The molecule has 2 fully saturated rings. The van der Waals surface area contributed by atoms with E-state index in [-0.39, 0.29) is 0 Å². The van der Waals surface area contributed by atoms with Gasteiger partial charge in [-0.3, -0.25) is 4.90 Å².